The molecule has 1 aromatic heterocycles. The molecule has 5 nitrogen and oxygen atoms in total. The van der Waals surface area contributed by atoms with E-state index in [9.17, 15) is 9.59 Å². The van der Waals surface area contributed by atoms with Crippen LogP contribution >= 0.6 is 11.8 Å². The molecule has 2 N–H and O–H groups in total. The van der Waals surface area contributed by atoms with Gasteiger partial charge in [0.2, 0.25) is 5.56 Å². The molecular formula is C18H23N3O2S. The molecule has 24 heavy (non-hydrogen) atoms. The van der Waals surface area contributed by atoms with Crippen LogP contribution in [0.2, 0.25) is 0 Å². The Bertz CT molecular complexity index is 789. The number of H-pyrrole nitrogens is 1. The molecule has 1 heterocycles. The van der Waals surface area contributed by atoms with Gasteiger partial charge < -0.3 is 15.2 Å². The Morgan fingerprint density at radius 1 is 1.38 bits per heavy atom. The molecule has 1 aromatic carbocycles. The quantitative estimate of drug-likeness (QED) is 0.895. The monoisotopic (exact) mass is 345 g/mol. The number of carbonyl (C=O) groups is 1. The zero-order valence-corrected chi connectivity index (χ0v) is 14.9. The highest BCUT2D eigenvalue weighted by molar-refractivity contribution is 7.99. The molecule has 6 heteroatoms. The second-order valence-corrected chi connectivity index (χ2v) is 7.32. The van der Waals surface area contributed by atoms with Crippen LogP contribution in [-0.4, -0.2) is 40.5 Å². The van der Waals surface area contributed by atoms with Crippen LogP contribution in [0.15, 0.2) is 35.1 Å². The summed E-state index contributed by atoms with van der Waals surface area (Å²) in [4.78, 5) is 28.9. The van der Waals surface area contributed by atoms with Crippen molar-refractivity contribution in [2.45, 2.75) is 37.1 Å². The van der Waals surface area contributed by atoms with Crippen molar-refractivity contribution in [1.82, 2.24) is 15.2 Å². The highest BCUT2D eigenvalue weighted by Gasteiger charge is 2.32. The summed E-state index contributed by atoms with van der Waals surface area (Å²) in [5, 5.41) is 4.44. The van der Waals surface area contributed by atoms with Crippen molar-refractivity contribution in [3.63, 3.8) is 0 Å². The van der Waals surface area contributed by atoms with Crippen molar-refractivity contribution in [1.29, 1.82) is 0 Å². The van der Waals surface area contributed by atoms with Gasteiger partial charge in [0.25, 0.3) is 0 Å². The topological polar surface area (TPSA) is 65.2 Å². The van der Waals surface area contributed by atoms with E-state index in [-0.39, 0.29) is 17.6 Å². The van der Waals surface area contributed by atoms with Gasteiger partial charge in [0, 0.05) is 41.9 Å². The molecule has 0 aliphatic heterocycles. The number of rotatable bonds is 4. The van der Waals surface area contributed by atoms with Crippen LogP contribution in [0.1, 0.15) is 24.8 Å². The third-order valence-corrected chi connectivity index (χ3v) is 5.96. The Labute approximate surface area is 145 Å². The third-order valence-electron chi connectivity index (χ3n) is 4.80. The predicted octanol–water partition coefficient (Wildman–Crippen LogP) is 2.95. The molecule has 3 rings (SSSR count). The largest absolute Gasteiger partial charge is 0.334 e. The number of urea groups is 1. The SMILES string of the molecule is CS[C@H]1CCC[C@H]1N(C)C(=O)NCc1cc(=O)[nH]c2ccccc12. The van der Waals surface area contributed by atoms with Gasteiger partial charge in [-0.15, -0.1) is 0 Å². The van der Waals surface area contributed by atoms with Crippen LogP contribution in [0.3, 0.4) is 0 Å². The molecule has 1 fully saturated rings. The van der Waals surface area contributed by atoms with Crippen molar-refractivity contribution in [3.05, 3.63) is 46.2 Å². The predicted molar refractivity (Wildman–Crippen MR) is 99.5 cm³/mol. The molecule has 2 amide bonds. The Morgan fingerprint density at radius 3 is 2.96 bits per heavy atom. The molecule has 2 aromatic rings. The number of benzene rings is 1. The van der Waals surface area contributed by atoms with E-state index < -0.39 is 0 Å². The Hall–Kier alpha value is -1.95. The van der Waals surface area contributed by atoms with E-state index in [4.69, 9.17) is 0 Å². The van der Waals surface area contributed by atoms with Crippen LogP contribution in [0, 0.1) is 0 Å². The lowest BCUT2D eigenvalue weighted by molar-refractivity contribution is 0.191. The molecule has 1 aliphatic rings. The number of hydrogen-bond acceptors (Lipinski definition) is 3. The first-order valence-electron chi connectivity index (χ1n) is 8.24. The molecule has 0 saturated heterocycles. The summed E-state index contributed by atoms with van der Waals surface area (Å²) in [6, 6.07) is 9.41. The van der Waals surface area contributed by atoms with E-state index >= 15 is 0 Å². The summed E-state index contributed by atoms with van der Waals surface area (Å²) in [7, 11) is 1.87. The molecule has 0 spiro atoms. The molecule has 0 bridgehead atoms. The number of nitrogens with one attached hydrogen (secondary N) is 2. The van der Waals surface area contributed by atoms with Gasteiger partial charge in [-0.05, 0) is 30.7 Å². The highest BCUT2D eigenvalue weighted by Crippen LogP contribution is 2.31. The van der Waals surface area contributed by atoms with E-state index in [1.165, 1.54) is 12.8 Å². The second kappa shape index (κ2) is 7.30. The molecular weight excluding hydrogens is 322 g/mol. The van der Waals surface area contributed by atoms with Crippen molar-refractivity contribution >= 4 is 28.7 Å². The molecule has 1 saturated carbocycles. The van der Waals surface area contributed by atoms with E-state index in [0.29, 0.717) is 11.8 Å². The van der Waals surface area contributed by atoms with Gasteiger partial charge in [-0.25, -0.2) is 4.79 Å². The maximum Gasteiger partial charge on any atom is 0.317 e. The van der Waals surface area contributed by atoms with Crippen LogP contribution < -0.4 is 10.9 Å². The minimum Gasteiger partial charge on any atom is -0.334 e. The van der Waals surface area contributed by atoms with Gasteiger partial charge in [0.15, 0.2) is 0 Å². The fraction of sp³-hybridized carbons (Fsp3) is 0.444. The molecule has 1 aliphatic carbocycles. The number of para-hydroxylation sites is 1. The number of fused-ring (bicyclic) bond motifs is 1. The highest BCUT2D eigenvalue weighted by atomic mass is 32.2. The van der Waals surface area contributed by atoms with Crippen molar-refractivity contribution in [2.75, 3.05) is 13.3 Å². The van der Waals surface area contributed by atoms with E-state index in [1.54, 1.807) is 6.07 Å². The number of pyridine rings is 1. The number of carbonyl (C=O) groups excluding carboxylic acids is 1. The Kier molecular flexibility index (Phi) is 5.14. The fourth-order valence-corrected chi connectivity index (χ4v) is 4.53. The number of amides is 2. The lowest BCUT2D eigenvalue weighted by Crippen LogP contribution is -2.45. The van der Waals surface area contributed by atoms with Gasteiger partial charge >= 0.3 is 6.03 Å². The first-order valence-corrected chi connectivity index (χ1v) is 9.53. The van der Waals surface area contributed by atoms with Crippen LogP contribution in [0.25, 0.3) is 10.9 Å². The Morgan fingerprint density at radius 2 is 2.17 bits per heavy atom. The number of hydrogen-bond donors (Lipinski definition) is 2. The zero-order chi connectivity index (χ0) is 17.1. The summed E-state index contributed by atoms with van der Waals surface area (Å²) < 4.78 is 0. The van der Waals surface area contributed by atoms with Gasteiger partial charge in [0.1, 0.15) is 0 Å². The number of aromatic nitrogens is 1. The average Bonchev–Trinajstić information content (AvgIpc) is 3.07. The molecule has 128 valence electrons. The third kappa shape index (κ3) is 3.43. The maximum atomic E-state index is 12.5. The standard InChI is InChI=1S/C18H23N3O2S/c1-21(15-8-5-9-16(15)24-2)18(23)19-11-12-10-17(22)20-14-7-4-3-6-13(12)14/h3-4,6-7,10,15-16H,5,8-9,11H2,1-2H3,(H,19,23)(H,20,22)/t15-,16+/m1/s1. The first-order chi connectivity index (χ1) is 11.6. The summed E-state index contributed by atoms with van der Waals surface area (Å²) in [6.07, 6.45) is 5.51. The molecule has 0 radical (unpaired) electrons. The maximum absolute atomic E-state index is 12.5. The average molecular weight is 345 g/mol. The van der Waals surface area contributed by atoms with Crippen molar-refractivity contribution in [3.8, 4) is 0 Å². The summed E-state index contributed by atoms with van der Waals surface area (Å²) in [5.41, 5.74) is 1.48. The fourth-order valence-electron chi connectivity index (χ4n) is 3.49. The van der Waals surface area contributed by atoms with Crippen LogP contribution in [0.4, 0.5) is 4.79 Å². The van der Waals surface area contributed by atoms with Gasteiger partial charge in [-0.3, -0.25) is 4.79 Å². The summed E-state index contributed by atoms with van der Waals surface area (Å²) in [6.45, 7) is 0.351. The summed E-state index contributed by atoms with van der Waals surface area (Å²) in [5.74, 6) is 0. The van der Waals surface area contributed by atoms with Gasteiger partial charge in [-0.1, -0.05) is 24.6 Å². The smallest absolute Gasteiger partial charge is 0.317 e. The lowest BCUT2D eigenvalue weighted by Gasteiger charge is -2.29. The minimum atomic E-state index is -0.149. The number of aromatic amines is 1. The van der Waals surface area contributed by atoms with Crippen LogP contribution in [0.5, 0.6) is 0 Å². The first kappa shape index (κ1) is 16.9. The van der Waals surface area contributed by atoms with E-state index in [1.807, 2.05) is 48.0 Å². The zero-order valence-electron chi connectivity index (χ0n) is 14.0. The summed E-state index contributed by atoms with van der Waals surface area (Å²) >= 11 is 1.84. The number of nitrogens with zero attached hydrogens (tertiary/aromatic N) is 1. The molecule has 0 unspecified atom stereocenters. The minimum absolute atomic E-state index is 0.0784. The van der Waals surface area contributed by atoms with E-state index in [2.05, 4.69) is 16.6 Å². The van der Waals surface area contributed by atoms with E-state index in [0.717, 1.165) is 22.9 Å². The van der Waals surface area contributed by atoms with Gasteiger partial charge in [-0.2, -0.15) is 11.8 Å². The van der Waals surface area contributed by atoms with Gasteiger partial charge in [0.05, 0.1) is 0 Å². The molecule has 2 atom stereocenters. The van der Waals surface area contributed by atoms with Crippen molar-refractivity contribution < 1.29 is 4.79 Å². The number of thioether (sulfide) groups is 1. The second-order valence-electron chi connectivity index (χ2n) is 6.25. The Balaban J connectivity index is 1.71. The lowest BCUT2D eigenvalue weighted by atomic mass is 10.1. The van der Waals surface area contributed by atoms with Crippen molar-refractivity contribution in [2.24, 2.45) is 0 Å². The normalized spacial score (nSPS) is 20.2. The van der Waals surface area contributed by atoms with Crippen LogP contribution in [-0.2, 0) is 6.54 Å².